The number of hydrogen-bond donors (Lipinski definition) is 3. The van der Waals surface area contributed by atoms with Gasteiger partial charge in [-0.3, -0.25) is 4.79 Å². The maximum atomic E-state index is 12.4. The Hall–Kier alpha value is -2.80. The highest BCUT2D eigenvalue weighted by atomic mass is 16.3. The summed E-state index contributed by atoms with van der Waals surface area (Å²) in [6.45, 7) is 0.610. The maximum absolute atomic E-state index is 12.4. The van der Waals surface area contributed by atoms with Crippen molar-refractivity contribution in [3.8, 4) is 0 Å². The van der Waals surface area contributed by atoms with Gasteiger partial charge in [-0.1, -0.05) is 25.3 Å². The van der Waals surface area contributed by atoms with Gasteiger partial charge in [-0.05, 0) is 63.2 Å². The summed E-state index contributed by atoms with van der Waals surface area (Å²) < 4.78 is 5.09. The molecule has 0 aliphatic heterocycles. The molecular weight excluding hydrogens is 368 g/mol. The second kappa shape index (κ2) is 10.1. The molecule has 1 saturated carbocycles. The Morgan fingerprint density at radius 2 is 1.79 bits per heavy atom. The second-order valence-corrected chi connectivity index (χ2v) is 7.78. The van der Waals surface area contributed by atoms with Crippen LogP contribution in [0.15, 0.2) is 47.1 Å². The SMILES string of the molecule is CN(C)C(CNC(=O)Nc1cccc(NC(=O)c2ccco2)c1)C1CCCCC1. The van der Waals surface area contributed by atoms with Crippen molar-refractivity contribution in [3.63, 3.8) is 0 Å². The van der Waals surface area contributed by atoms with Crippen LogP contribution in [0.4, 0.5) is 16.2 Å². The molecule has 3 N–H and O–H groups in total. The number of rotatable bonds is 7. The molecule has 1 aliphatic rings. The number of nitrogens with zero attached hydrogens (tertiary/aromatic N) is 1. The first-order valence-electron chi connectivity index (χ1n) is 10.2. The molecule has 7 nitrogen and oxygen atoms in total. The van der Waals surface area contributed by atoms with Gasteiger partial charge < -0.3 is 25.3 Å². The van der Waals surface area contributed by atoms with Crippen LogP contribution in [0.1, 0.15) is 42.7 Å². The summed E-state index contributed by atoms with van der Waals surface area (Å²) in [5.74, 6) is 0.524. The van der Waals surface area contributed by atoms with E-state index in [4.69, 9.17) is 4.42 Å². The van der Waals surface area contributed by atoms with E-state index in [-0.39, 0.29) is 17.7 Å². The normalized spacial score (nSPS) is 15.7. The van der Waals surface area contributed by atoms with Gasteiger partial charge in [0.2, 0.25) is 0 Å². The van der Waals surface area contributed by atoms with E-state index in [1.165, 1.54) is 38.4 Å². The molecule has 0 radical (unpaired) electrons. The van der Waals surface area contributed by atoms with E-state index in [1.54, 1.807) is 36.4 Å². The molecule has 0 spiro atoms. The Kier molecular flexibility index (Phi) is 7.30. The van der Waals surface area contributed by atoms with Gasteiger partial charge in [-0.15, -0.1) is 0 Å². The van der Waals surface area contributed by atoms with Gasteiger partial charge in [0.1, 0.15) is 0 Å². The van der Waals surface area contributed by atoms with Crippen LogP contribution in [0.5, 0.6) is 0 Å². The molecular formula is C22H30N4O3. The molecule has 3 rings (SSSR count). The first kappa shape index (κ1) is 20.9. The molecule has 2 aromatic rings. The summed E-state index contributed by atoms with van der Waals surface area (Å²) in [7, 11) is 4.15. The number of anilines is 2. The van der Waals surface area contributed by atoms with E-state index in [0.717, 1.165) is 0 Å². The van der Waals surface area contributed by atoms with E-state index >= 15 is 0 Å². The monoisotopic (exact) mass is 398 g/mol. The number of likely N-dealkylation sites (N-methyl/N-ethyl adjacent to an activating group) is 1. The van der Waals surface area contributed by atoms with Crippen LogP contribution in [0.2, 0.25) is 0 Å². The lowest BCUT2D eigenvalue weighted by Crippen LogP contribution is -2.46. The highest BCUT2D eigenvalue weighted by Crippen LogP contribution is 2.28. The Morgan fingerprint density at radius 3 is 2.45 bits per heavy atom. The number of hydrogen-bond acceptors (Lipinski definition) is 4. The molecule has 156 valence electrons. The van der Waals surface area contributed by atoms with Crippen molar-refractivity contribution in [3.05, 3.63) is 48.4 Å². The van der Waals surface area contributed by atoms with Crippen LogP contribution in [0.25, 0.3) is 0 Å². The highest BCUT2D eigenvalue weighted by Gasteiger charge is 2.25. The molecule has 1 fully saturated rings. The molecule has 1 aromatic carbocycles. The number of benzene rings is 1. The first-order chi connectivity index (χ1) is 14.0. The zero-order valence-corrected chi connectivity index (χ0v) is 17.1. The Morgan fingerprint density at radius 1 is 1.07 bits per heavy atom. The summed E-state index contributed by atoms with van der Waals surface area (Å²) in [4.78, 5) is 26.7. The molecule has 1 aromatic heterocycles. The lowest BCUT2D eigenvalue weighted by Gasteiger charge is -2.34. The molecule has 29 heavy (non-hydrogen) atoms. The van der Waals surface area contributed by atoms with Crippen LogP contribution in [0, 0.1) is 5.92 Å². The highest BCUT2D eigenvalue weighted by molar-refractivity contribution is 6.02. The lowest BCUT2D eigenvalue weighted by molar-refractivity contribution is 0.0996. The fourth-order valence-electron chi connectivity index (χ4n) is 3.94. The van der Waals surface area contributed by atoms with Gasteiger partial charge in [0.15, 0.2) is 5.76 Å². The fraction of sp³-hybridized carbons (Fsp3) is 0.455. The summed E-state index contributed by atoms with van der Waals surface area (Å²) in [6, 6.07) is 10.4. The van der Waals surface area contributed by atoms with Gasteiger partial charge in [0.05, 0.1) is 6.26 Å². The van der Waals surface area contributed by atoms with Crippen molar-refractivity contribution in [1.82, 2.24) is 10.2 Å². The van der Waals surface area contributed by atoms with Gasteiger partial charge >= 0.3 is 6.03 Å². The van der Waals surface area contributed by atoms with Crippen molar-refractivity contribution < 1.29 is 14.0 Å². The van der Waals surface area contributed by atoms with E-state index < -0.39 is 0 Å². The zero-order valence-electron chi connectivity index (χ0n) is 17.1. The van der Waals surface area contributed by atoms with Crippen molar-refractivity contribution in [2.24, 2.45) is 5.92 Å². The summed E-state index contributed by atoms with van der Waals surface area (Å²) in [5.41, 5.74) is 1.19. The predicted molar refractivity (Wildman–Crippen MR) is 114 cm³/mol. The van der Waals surface area contributed by atoms with Crippen LogP contribution < -0.4 is 16.0 Å². The molecule has 0 saturated heterocycles. The lowest BCUT2D eigenvalue weighted by atomic mass is 9.83. The molecule has 3 amide bonds. The minimum absolute atomic E-state index is 0.235. The standard InChI is InChI=1S/C22H30N4O3/c1-26(2)19(16-8-4-3-5-9-16)15-23-22(28)25-18-11-6-10-17(14-18)24-21(27)20-12-7-13-29-20/h6-7,10-14,16,19H,3-5,8-9,15H2,1-2H3,(H,24,27)(H2,23,25,28). The maximum Gasteiger partial charge on any atom is 0.319 e. The van der Waals surface area contributed by atoms with Crippen molar-refractivity contribution in [1.29, 1.82) is 0 Å². The predicted octanol–water partition coefficient (Wildman–Crippen LogP) is 4.16. The van der Waals surface area contributed by atoms with Crippen LogP contribution >= 0.6 is 0 Å². The fourth-order valence-corrected chi connectivity index (χ4v) is 3.94. The van der Waals surface area contributed by atoms with Gasteiger partial charge in [0, 0.05) is 24.0 Å². The van der Waals surface area contributed by atoms with E-state index in [9.17, 15) is 9.59 Å². The molecule has 0 bridgehead atoms. The smallest absolute Gasteiger partial charge is 0.319 e. The summed E-state index contributed by atoms with van der Waals surface area (Å²) in [5, 5.41) is 8.60. The third-order valence-corrected chi connectivity index (χ3v) is 5.45. The minimum Gasteiger partial charge on any atom is -0.459 e. The van der Waals surface area contributed by atoms with E-state index in [2.05, 4.69) is 34.9 Å². The molecule has 1 atom stereocenters. The Bertz CT molecular complexity index is 798. The first-order valence-corrected chi connectivity index (χ1v) is 10.2. The molecule has 7 heteroatoms. The number of urea groups is 1. The quantitative estimate of drug-likeness (QED) is 0.653. The van der Waals surface area contributed by atoms with Crippen LogP contribution in [-0.4, -0.2) is 43.5 Å². The van der Waals surface area contributed by atoms with Crippen LogP contribution in [-0.2, 0) is 0 Å². The van der Waals surface area contributed by atoms with Crippen molar-refractivity contribution in [2.45, 2.75) is 38.1 Å². The van der Waals surface area contributed by atoms with Gasteiger partial charge in [0.25, 0.3) is 5.91 Å². The third kappa shape index (κ3) is 6.09. The third-order valence-electron chi connectivity index (χ3n) is 5.45. The summed E-state index contributed by atoms with van der Waals surface area (Å²) >= 11 is 0. The largest absolute Gasteiger partial charge is 0.459 e. The molecule has 1 aliphatic carbocycles. The van der Waals surface area contributed by atoms with Gasteiger partial charge in [-0.25, -0.2) is 4.79 Å². The topological polar surface area (TPSA) is 86.6 Å². The number of nitrogens with one attached hydrogen (secondary N) is 3. The summed E-state index contributed by atoms with van der Waals surface area (Å²) in [6.07, 6.45) is 7.77. The average molecular weight is 399 g/mol. The Labute approximate surface area is 171 Å². The Balaban J connectivity index is 1.52. The molecule has 1 heterocycles. The number of carbonyl (C=O) groups is 2. The second-order valence-electron chi connectivity index (χ2n) is 7.78. The van der Waals surface area contributed by atoms with Gasteiger partial charge in [-0.2, -0.15) is 0 Å². The van der Waals surface area contributed by atoms with Crippen molar-refractivity contribution >= 4 is 23.3 Å². The number of carbonyl (C=O) groups excluding carboxylic acids is 2. The molecule has 1 unspecified atom stereocenters. The zero-order chi connectivity index (χ0) is 20.6. The van der Waals surface area contributed by atoms with Crippen LogP contribution in [0.3, 0.4) is 0 Å². The number of amides is 3. The average Bonchev–Trinajstić information content (AvgIpc) is 3.24. The van der Waals surface area contributed by atoms with E-state index in [1.807, 2.05) is 0 Å². The van der Waals surface area contributed by atoms with Crippen molar-refractivity contribution in [2.75, 3.05) is 31.3 Å². The minimum atomic E-state index is -0.335. The van der Waals surface area contributed by atoms with E-state index in [0.29, 0.717) is 29.9 Å². The number of furan rings is 1.